The van der Waals surface area contributed by atoms with Crippen molar-refractivity contribution in [3.05, 3.63) is 48.0 Å². The maximum absolute atomic E-state index is 13.2. The van der Waals surface area contributed by atoms with Crippen molar-refractivity contribution in [2.24, 2.45) is 0 Å². The SMILES string of the molecule is CC(=O)Nc1ccc(S(=O)(=O)Nc2ccc3c(c2)C(=O)N2CCCCC2CCO3)cc1. The van der Waals surface area contributed by atoms with Gasteiger partial charge in [-0.25, -0.2) is 8.42 Å². The Morgan fingerprint density at radius 2 is 1.81 bits per heavy atom. The van der Waals surface area contributed by atoms with E-state index in [9.17, 15) is 18.0 Å². The molecule has 1 fully saturated rings. The van der Waals surface area contributed by atoms with Gasteiger partial charge in [0.2, 0.25) is 5.91 Å². The van der Waals surface area contributed by atoms with Gasteiger partial charge in [0.15, 0.2) is 0 Å². The summed E-state index contributed by atoms with van der Waals surface area (Å²) in [5.74, 6) is 0.106. The topological polar surface area (TPSA) is 105 Å². The Balaban J connectivity index is 1.58. The molecule has 31 heavy (non-hydrogen) atoms. The average molecular weight is 444 g/mol. The number of carbonyl (C=O) groups excluding carboxylic acids is 2. The summed E-state index contributed by atoms with van der Waals surface area (Å²) in [6, 6.07) is 10.8. The summed E-state index contributed by atoms with van der Waals surface area (Å²) in [7, 11) is -3.87. The first kappa shape index (κ1) is 21.2. The average Bonchev–Trinajstić information content (AvgIpc) is 2.73. The maximum atomic E-state index is 13.2. The number of sulfonamides is 1. The van der Waals surface area contributed by atoms with Crippen LogP contribution >= 0.6 is 0 Å². The summed E-state index contributed by atoms with van der Waals surface area (Å²) in [5, 5.41) is 2.60. The second-order valence-electron chi connectivity index (χ2n) is 7.81. The van der Waals surface area contributed by atoms with E-state index in [1.165, 1.54) is 37.3 Å². The Bertz CT molecular complexity index is 1100. The van der Waals surface area contributed by atoms with Crippen molar-refractivity contribution in [3.63, 3.8) is 0 Å². The number of fused-ring (bicyclic) bond motifs is 2. The molecular formula is C22H25N3O5S. The lowest BCUT2D eigenvalue weighted by molar-refractivity contribution is -0.114. The Morgan fingerprint density at radius 1 is 1.06 bits per heavy atom. The summed E-state index contributed by atoms with van der Waals surface area (Å²) in [4.78, 5) is 26.2. The largest absolute Gasteiger partial charge is 0.493 e. The number of ether oxygens (including phenoxy) is 1. The number of rotatable bonds is 4. The second kappa shape index (κ2) is 8.58. The van der Waals surface area contributed by atoms with Crippen molar-refractivity contribution in [2.75, 3.05) is 23.2 Å². The standard InChI is InChI=1S/C22H25N3O5S/c1-15(26)23-16-5-8-19(9-6-16)31(28,29)24-17-7-10-21-20(14-17)22(27)25-12-3-2-4-18(25)11-13-30-21/h5-10,14,18,24H,2-4,11-13H2,1H3,(H,23,26). The van der Waals surface area contributed by atoms with Crippen LogP contribution in [0.3, 0.4) is 0 Å². The second-order valence-corrected chi connectivity index (χ2v) is 9.49. The first-order chi connectivity index (χ1) is 14.8. The monoisotopic (exact) mass is 443 g/mol. The Hall–Kier alpha value is -3.07. The first-order valence-corrected chi connectivity index (χ1v) is 11.8. The third kappa shape index (κ3) is 4.66. The fourth-order valence-electron chi connectivity index (χ4n) is 4.05. The van der Waals surface area contributed by atoms with Gasteiger partial charge in [0, 0.05) is 37.3 Å². The number of nitrogens with one attached hydrogen (secondary N) is 2. The van der Waals surface area contributed by atoms with Crippen molar-refractivity contribution in [1.82, 2.24) is 4.90 Å². The Morgan fingerprint density at radius 3 is 2.55 bits per heavy atom. The van der Waals surface area contributed by atoms with Crippen LogP contribution in [0.15, 0.2) is 47.4 Å². The molecule has 2 amide bonds. The van der Waals surface area contributed by atoms with Crippen LogP contribution < -0.4 is 14.8 Å². The summed E-state index contributed by atoms with van der Waals surface area (Å²) >= 11 is 0. The molecule has 2 aliphatic rings. The summed E-state index contributed by atoms with van der Waals surface area (Å²) in [5.41, 5.74) is 1.16. The molecule has 0 aliphatic carbocycles. The molecule has 2 aromatic carbocycles. The van der Waals surface area contributed by atoms with E-state index in [1.807, 2.05) is 4.90 Å². The van der Waals surface area contributed by atoms with E-state index in [4.69, 9.17) is 4.74 Å². The van der Waals surface area contributed by atoms with Crippen molar-refractivity contribution in [3.8, 4) is 5.75 Å². The zero-order valence-electron chi connectivity index (χ0n) is 17.3. The van der Waals surface area contributed by atoms with E-state index < -0.39 is 10.0 Å². The number of anilines is 2. The van der Waals surface area contributed by atoms with Gasteiger partial charge in [-0.2, -0.15) is 0 Å². The molecule has 0 bridgehead atoms. The maximum Gasteiger partial charge on any atom is 0.261 e. The fraction of sp³-hybridized carbons (Fsp3) is 0.364. The molecule has 2 heterocycles. The molecule has 0 radical (unpaired) electrons. The van der Waals surface area contributed by atoms with E-state index in [0.29, 0.717) is 30.2 Å². The van der Waals surface area contributed by atoms with Crippen LogP contribution in [0, 0.1) is 0 Å². The van der Waals surface area contributed by atoms with Crippen LogP contribution in [-0.4, -0.2) is 44.3 Å². The van der Waals surface area contributed by atoms with Crippen molar-refractivity contribution in [2.45, 2.75) is 43.5 Å². The van der Waals surface area contributed by atoms with Crippen LogP contribution in [0.5, 0.6) is 5.75 Å². The molecule has 2 N–H and O–H groups in total. The van der Waals surface area contributed by atoms with Crippen LogP contribution in [0.4, 0.5) is 11.4 Å². The van der Waals surface area contributed by atoms with Gasteiger partial charge in [-0.1, -0.05) is 0 Å². The fourth-order valence-corrected chi connectivity index (χ4v) is 5.10. The predicted molar refractivity (Wildman–Crippen MR) is 117 cm³/mol. The molecule has 1 unspecified atom stereocenters. The van der Waals surface area contributed by atoms with Crippen LogP contribution in [0.1, 0.15) is 43.0 Å². The quantitative estimate of drug-likeness (QED) is 0.755. The van der Waals surface area contributed by atoms with Gasteiger partial charge in [-0.3, -0.25) is 14.3 Å². The highest BCUT2D eigenvalue weighted by atomic mass is 32.2. The molecular weight excluding hydrogens is 418 g/mol. The molecule has 9 heteroatoms. The Kier molecular flexibility index (Phi) is 5.86. The lowest BCUT2D eigenvalue weighted by atomic mass is 9.97. The minimum Gasteiger partial charge on any atom is -0.493 e. The minimum atomic E-state index is -3.87. The molecule has 2 aliphatic heterocycles. The third-order valence-electron chi connectivity index (χ3n) is 5.54. The number of hydrogen-bond acceptors (Lipinski definition) is 5. The number of amides is 2. The van der Waals surface area contributed by atoms with Crippen molar-refractivity contribution < 1.29 is 22.7 Å². The minimum absolute atomic E-state index is 0.0482. The lowest BCUT2D eigenvalue weighted by Gasteiger charge is -2.37. The van der Waals surface area contributed by atoms with E-state index in [-0.39, 0.29) is 28.4 Å². The summed E-state index contributed by atoms with van der Waals surface area (Å²) < 4.78 is 34.0. The van der Waals surface area contributed by atoms with Gasteiger partial charge in [0.05, 0.1) is 17.1 Å². The molecule has 2 aromatic rings. The molecule has 164 valence electrons. The van der Waals surface area contributed by atoms with Crippen LogP contribution in [0.2, 0.25) is 0 Å². The van der Waals surface area contributed by atoms with Crippen molar-refractivity contribution in [1.29, 1.82) is 0 Å². The molecule has 0 aromatic heterocycles. The zero-order chi connectivity index (χ0) is 22.0. The number of piperidine rings is 1. The number of nitrogens with zero attached hydrogens (tertiary/aromatic N) is 1. The lowest BCUT2D eigenvalue weighted by Crippen LogP contribution is -2.45. The van der Waals surface area contributed by atoms with Gasteiger partial charge < -0.3 is 15.0 Å². The molecule has 8 nitrogen and oxygen atoms in total. The van der Waals surface area contributed by atoms with Crippen LogP contribution in [0.25, 0.3) is 0 Å². The van der Waals surface area contributed by atoms with Crippen molar-refractivity contribution >= 4 is 33.2 Å². The molecule has 0 spiro atoms. The van der Waals surface area contributed by atoms with E-state index >= 15 is 0 Å². The van der Waals surface area contributed by atoms with Gasteiger partial charge in [-0.15, -0.1) is 0 Å². The van der Waals surface area contributed by atoms with Gasteiger partial charge in [0.1, 0.15) is 5.75 Å². The number of benzene rings is 2. The van der Waals surface area contributed by atoms with E-state index in [2.05, 4.69) is 10.0 Å². The summed E-state index contributed by atoms with van der Waals surface area (Å²) in [6.45, 7) is 2.61. The molecule has 4 rings (SSSR count). The Labute approximate surface area is 181 Å². The number of carbonyl (C=O) groups is 2. The smallest absolute Gasteiger partial charge is 0.261 e. The molecule has 0 saturated carbocycles. The highest BCUT2D eigenvalue weighted by molar-refractivity contribution is 7.92. The highest BCUT2D eigenvalue weighted by Crippen LogP contribution is 2.31. The zero-order valence-corrected chi connectivity index (χ0v) is 18.1. The van der Waals surface area contributed by atoms with Gasteiger partial charge in [0.25, 0.3) is 15.9 Å². The normalized spacial score (nSPS) is 18.7. The summed E-state index contributed by atoms with van der Waals surface area (Å²) in [6.07, 6.45) is 3.83. The molecule has 1 atom stereocenters. The van der Waals surface area contributed by atoms with Gasteiger partial charge in [-0.05, 0) is 61.7 Å². The van der Waals surface area contributed by atoms with Gasteiger partial charge >= 0.3 is 0 Å². The van der Waals surface area contributed by atoms with Crippen LogP contribution in [-0.2, 0) is 14.8 Å². The van der Waals surface area contributed by atoms with E-state index in [1.54, 1.807) is 12.1 Å². The third-order valence-corrected chi connectivity index (χ3v) is 6.94. The molecule has 1 saturated heterocycles. The predicted octanol–water partition coefficient (Wildman–Crippen LogP) is 3.22. The van der Waals surface area contributed by atoms with E-state index in [0.717, 1.165) is 25.7 Å². The first-order valence-electron chi connectivity index (χ1n) is 10.3. The highest BCUT2D eigenvalue weighted by Gasteiger charge is 2.31. The number of hydrogen-bond donors (Lipinski definition) is 2.